The van der Waals surface area contributed by atoms with Gasteiger partial charge in [0.2, 0.25) is 0 Å². The number of hydrogen-bond donors (Lipinski definition) is 1. The van der Waals surface area contributed by atoms with Crippen molar-refractivity contribution in [2.75, 3.05) is 11.4 Å². The van der Waals surface area contributed by atoms with Gasteiger partial charge in [-0.2, -0.15) is 0 Å². The molecule has 25 heavy (non-hydrogen) atoms. The summed E-state index contributed by atoms with van der Waals surface area (Å²) in [6.07, 6.45) is 0.994. The molecule has 1 aliphatic heterocycles. The monoisotopic (exact) mass is 337 g/mol. The SMILES string of the molecule is Cc1ccc2c(c1)[C@@H](C)CC(C)(C)N2C(=O)C[NH2+]Cc1ccccc1. The third kappa shape index (κ3) is 3.77. The van der Waals surface area contributed by atoms with Crippen molar-refractivity contribution in [3.05, 3.63) is 65.2 Å². The second kappa shape index (κ2) is 7.01. The summed E-state index contributed by atoms with van der Waals surface area (Å²) in [5, 5.41) is 2.10. The smallest absolute Gasteiger partial charge is 0.282 e. The van der Waals surface area contributed by atoms with Gasteiger partial charge in [0.05, 0.1) is 0 Å². The highest BCUT2D eigenvalue weighted by atomic mass is 16.2. The summed E-state index contributed by atoms with van der Waals surface area (Å²) in [5.74, 6) is 0.667. The molecule has 0 radical (unpaired) electrons. The first-order valence-corrected chi connectivity index (χ1v) is 9.18. The van der Waals surface area contributed by atoms with Crippen LogP contribution in [0.4, 0.5) is 5.69 Å². The van der Waals surface area contributed by atoms with Gasteiger partial charge in [-0.05, 0) is 44.7 Å². The summed E-state index contributed by atoms with van der Waals surface area (Å²) in [6.45, 7) is 10.1. The molecule has 1 amide bonds. The average Bonchev–Trinajstić information content (AvgIpc) is 2.56. The lowest BCUT2D eigenvalue weighted by Crippen LogP contribution is -2.85. The highest BCUT2D eigenvalue weighted by molar-refractivity contribution is 5.96. The molecule has 1 heterocycles. The molecule has 0 saturated heterocycles. The van der Waals surface area contributed by atoms with E-state index in [1.165, 1.54) is 16.7 Å². The van der Waals surface area contributed by atoms with Crippen LogP contribution in [0, 0.1) is 6.92 Å². The molecular formula is C22H29N2O+. The summed E-state index contributed by atoms with van der Waals surface area (Å²) in [6, 6.07) is 16.8. The summed E-state index contributed by atoms with van der Waals surface area (Å²) in [7, 11) is 0. The van der Waals surface area contributed by atoms with Crippen LogP contribution in [0.2, 0.25) is 0 Å². The number of amides is 1. The zero-order chi connectivity index (χ0) is 18.0. The van der Waals surface area contributed by atoms with E-state index in [1.54, 1.807) is 0 Å². The molecule has 1 aliphatic rings. The van der Waals surface area contributed by atoms with E-state index in [2.05, 4.69) is 63.3 Å². The Morgan fingerprint density at radius 1 is 1.20 bits per heavy atom. The Bertz CT molecular complexity index is 752. The number of nitrogens with zero attached hydrogens (tertiary/aromatic N) is 1. The molecule has 0 saturated carbocycles. The van der Waals surface area contributed by atoms with Crippen LogP contribution in [-0.4, -0.2) is 18.0 Å². The van der Waals surface area contributed by atoms with Gasteiger partial charge in [0.1, 0.15) is 6.54 Å². The third-order valence-electron chi connectivity index (χ3n) is 5.16. The Hall–Kier alpha value is -2.13. The number of anilines is 1. The van der Waals surface area contributed by atoms with Gasteiger partial charge in [0.15, 0.2) is 6.54 Å². The molecule has 0 spiro atoms. The average molecular weight is 337 g/mol. The van der Waals surface area contributed by atoms with Crippen molar-refractivity contribution in [1.29, 1.82) is 0 Å². The number of carbonyl (C=O) groups excluding carboxylic acids is 1. The van der Waals surface area contributed by atoms with Crippen LogP contribution in [0.1, 0.15) is 49.8 Å². The van der Waals surface area contributed by atoms with Crippen LogP contribution in [-0.2, 0) is 11.3 Å². The van der Waals surface area contributed by atoms with Gasteiger partial charge >= 0.3 is 0 Å². The van der Waals surface area contributed by atoms with Gasteiger partial charge < -0.3 is 10.2 Å². The Morgan fingerprint density at radius 2 is 1.92 bits per heavy atom. The first kappa shape index (κ1) is 17.7. The van der Waals surface area contributed by atoms with Gasteiger partial charge in [-0.15, -0.1) is 0 Å². The highest BCUT2D eigenvalue weighted by Crippen LogP contribution is 2.43. The lowest BCUT2D eigenvalue weighted by atomic mass is 9.79. The molecule has 0 aromatic heterocycles. The van der Waals surface area contributed by atoms with Gasteiger partial charge in [0.25, 0.3) is 5.91 Å². The molecular weight excluding hydrogens is 308 g/mol. The number of benzene rings is 2. The van der Waals surface area contributed by atoms with Gasteiger partial charge in [0, 0.05) is 16.8 Å². The van der Waals surface area contributed by atoms with E-state index in [0.29, 0.717) is 12.5 Å². The number of aryl methyl sites for hydroxylation is 1. The molecule has 1 atom stereocenters. The van der Waals surface area contributed by atoms with Crippen LogP contribution in [0.25, 0.3) is 0 Å². The molecule has 2 aromatic carbocycles. The first-order chi connectivity index (χ1) is 11.9. The predicted molar refractivity (Wildman–Crippen MR) is 103 cm³/mol. The van der Waals surface area contributed by atoms with Crippen molar-refractivity contribution in [2.45, 2.75) is 52.1 Å². The molecule has 3 nitrogen and oxygen atoms in total. The molecule has 0 fully saturated rings. The van der Waals surface area contributed by atoms with Crippen molar-refractivity contribution in [3.63, 3.8) is 0 Å². The maximum absolute atomic E-state index is 13.1. The zero-order valence-corrected chi connectivity index (χ0v) is 15.8. The topological polar surface area (TPSA) is 36.9 Å². The Balaban J connectivity index is 1.77. The quantitative estimate of drug-likeness (QED) is 0.912. The maximum atomic E-state index is 13.1. The van der Waals surface area contributed by atoms with Gasteiger partial charge in [-0.3, -0.25) is 4.79 Å². The lowest BCUT2D eigenvalue weighted by Gasteiger charge is -2.45. The highest BCUT2D eigenvalue weighted by Gasteiger charge is 2.40. The first-order valence-electron chi connectivity index (χ1n) is 9.18. The van der Waals surface area contributed by atoms with Crippen molar-refractivity contribution in [2.24, 2.45) is 0 Å². The number of nitrogens with two attached hydrogens (primary N) is 1. The number of fused-ring (bicyclic) bond motifs is 1. The molecule has 0 unspecified atom stereocenters. The number of quaternary nitrogens is 1. The van der Waals surface area contributed by atoms with Crippen LogP contribution < -0.4 is 10.2 Å². The number of carbonyl (C=O) groups is 1. The van der Waals surface area contributed by atoms with E-state index >= 15 is 0 Å². The van der Waals surface area contributed by atoms with Crippen LogP contribution in [0.5, 0.6) is 0 Å². The number of rotatable bonds is 4. The molecule has 3 rings (SSSR count). The minimum atomic E-state index is -0.153. The fourth-order valence-corrected chi connectivity index (χ4v) is 4.09. The fraction of sp³-hybridized carbons (Fsp3) is 0.409. The Kier molecular flexibility index (Phi) is 4.96. The van der Waals surface area contributed by atoms with Crippen LogP contribution in [0.3, 0.4) is 0 Å². The molecule has 132 valence electrons. The van der Waals surface area contributed by atoms with E-state index in [4.69, 9.17) is 0 Å². The normalized spacial score (nSPS) is 18.7. The van der Waals surface area contributed by atoms with Crippen molar-refractivity contribution < 1.29 is 10.1 Å². The van der Waals surface area contributed by atoms with E-state index < -0.39 is 0 Å². The Morgan fingerprint density at radius 3 is 2.64 bits per heavy atom. The second-order valence-electron chi connectivity index (χ2n) is 7.89. The minimum Gasteiger partial charge on any atom is -0.335 e. The molecule has 0 bridgehead atoms. The standard InChI is InChI=1S/C22H28N2O/c1-16-10-11-20-19(12-16)17(2)13-22(3,4)24(20)21(25)15-23-14-18-8-6-5-7-9-18/h5-12,17,23H,13-15H2,1-4H3/p+1/t17-/m0/s1. The third-order valence-corrected chi connectivity index (χ3v) is 5.16. The van der Waals surface area contributed by atoms with Crippen LogP contribution >= 0.6 is 0 Å². The Labute approximate surface area is 151 Å². The molecule has 3 heteroatoms. The molecule has 0 aliphatic carbocycles. The fourth-order valence-electron chi connectivity index (χ4n) is 4.09. The molecule has 2 aromatic rings. The minimum absolute atomic E-state index is 0.153. The predicted octanol–water partition coefficient (Wildman–Crippen LogP) is 3.38. The summed E-state index contributed by atoms with van der Waals surface area (Å²) >= 11 is 0. The van der Waals surface area contributed by atoms with E-state index in [-0.39, 0.29) is 11.4 Å². The summed E-state index contributed by atoms with van der Waals surface area (Å²) < 4.78 is 0. The van der Waals surface area contributed by atoms with Gasteiger partial charge in [-0.1, -0.05) is 55.0 Å². The molecule has 2 N–H and O–H groups in total. The van der Waals surface area contributed by atoms with Crippen molar-refractivity contribution >= 4 is 11.6 Å². The zero-order valence-electron chi connectivity index (χ0n) is 15.8. The number of hydrogen-bond acceptors (Lipinski definition) is 1. The lowest BCUT2D eigenvalue weighted by molar-refractivity contribution is -0.659. The largest absolute Gasteiger partial charge is 0.335 e. The van der Waals surface area contributed by atoms with E-state index in [1.807, 2.05) is 23.1 Å². The van der Waals surface area contributed by atoms with E-state index in [9.17, 15) is 4.79 Å². The van der Waals surface area contributed by atoms with Crippen molar-refractivity contribution in [1.82, 2.24) is 0 Å². The maximum Gasteiger partial charge on any atom is 0.282 e. The van der Waals surface area contributed by atoms with E-state index in [0.717, 1.165) is 18.7 Å². The van der Waals surface area contributed by atoms with Gasteiger partial charge in [-0.25, -0.2) is 0 Å². The van der Waals surface area contributed by atoms with Crippen LogP contribution in [0.15, 0.2) is 48.5 Å². The second-order valence-corrected chi connectivity index (χ2v) is 7.89. The summed E-state index contributed by atoms with van der Waals surface area (Å²) in [5.41, 5.74) is 4.74. The van der Waals surface area contributed by atoms with Crippen molar-refractivity contribution in [3.8, 4) is 0 Å². The summed E-state index contributed by atoms with van der Waals surface area (Å²) in [4.78, 5) is 15.1.